The average molecular weight is 234 g/mol. The van der Waals surface area contributed by atoms with E-state index >= 15 is 0 Å². The van der Waals surface area contributed by atoms with Gasteiger partial charge in [0, 0.05) is 18.3 Å². The van der Waals surface area contributed by atoms with Gasteiger partial charge in [0.05, 0.1) is 12.3 Å². The average Bonchev–Trinajstić information content (AvgIpc) is 2.29. The predicted molar refractivity (Wildman–Crippen MR) is 74.6 cm³/mol. The Morgan fingerprint density at radius 1 is 1.41 bits per heavy atom. The second-order valence-corrected chi connectivity index (χ2v) is 4.26. The number of nitrogens with two attached hydrogens (primary N) is 1. The molecule has 0 aliphatic carbocycles. The Morgan fingerprint density at radius 2 is 2.18 bits per heavy atom. The molecule has 0 atom stereocenters. The maximum Gasteiger partial charge on any atom is 0.144 e. The van der Waals surface area contributed by atoms with Crippen LogP contribution in [0.25, 0.3) is 0 Å². The number of benzene rings is 1. The van der Waals surface area contributed by atoms with Crippen LogP contribution < -0.4 is 15.8 Å². The van der Waals surface area contributed by atoms with Crippen LogP contribution in [-0.2, 0) is 0 Å². The molecule has 1 aromatic rings. The minimum atomic E-state index is 0.686. The molecule has 0 aromatic heterocycles. The molecule has 3 heteroatoms. The highest BCUT2D eigenvalue weighted by molar-refractivity contribution is 5.61. The summed E-state index contributed by atoms with van der Waals surface area (Å²) in [6.07, 6.45) is 3.12. The normalized spacial score (nSPS) is 9.82. The van der Waals surface area contributed by atoms with E-state index < -0.39 is 0 Å². The van der Waals surface area contributed by atoms with Crippen molar-refractivity contribution in [3.8, 4) is 5.75 Å². The Bertz CT molecular complexity index is 382. The first-order chi connectivity index (χ1) is 8.13. The van der Waals surface area contributed by atoms with E-state index in [9.17, 15) is 0 Å². The van der Waals surface area contributed by atoms with Crippen molar-refractivity contribution in [3.63, 3.8) is 0 Å². The van der Waals surface area contributed by atoms with Gasteiger partial charge < -0.3 is 15.8 Å². The van der Waals surface area contributed by atoms with E-state index in [-0.39, 0.29) is 0 Å². The molecule has 0 saturated heterocycles. The molecule has 94 valence electrons. The highest BCUT2D eigenvalue weighted by atomic mass is 16.5. The van der Waals surface area contributed by atoms with Gasteiger partial charge in [-0.2, -0.15) is 0 Å². The van der Waals surface area contributed by atoms with Gasteiger partial charge in [0.1, 0.15) is 5.75 Å². The monoisotopic (exact) mass is 234 g/mol. The molecule has 0 aliphatic heterocycles. The van der Waals surface area contributed by atoms with E-state index in [0.717, 1.165) is 24.4 Å². The first-order valence-corrected chi connectivity index (χ1v) is 6.03. The first kappa shape index (κ1) is 13.4. The van der Waals surface area contributed by atoms with Crippen LogP contribution in [0.3, 0.4) is 0 Å². The lowest BCUT2D eigenvalue weighted by atomic mass is 10.2. The second-order valence-electron chi connectivity index (χ2n) is 4.26. The number of anilines is 2. The van der Waals surface area contributed by atoms with Crippen molar-refractivity contribution in [1.29, 1.82) is 0 Å². The number of rotatable bonds is 6. The summed E-state index contributed by atoms with van der Waals surface area (Å²) >= 11 is 0. The SMILES string of the molecule is CCCOc1cc(NCC=C(C)C)ccc1N. The maximum atomic E-state index is 5.84. The molecule has 1 aromatic carbocycles. The van der Waals surface area contributed by atoms with Crippen molar-refractivity contribution in [1.82, 2.24) is 0 Å². The van der Waals surface area contributed by atoms with Gasteiger partial charge in [-0.3, -0.25) is 0 Å². The highest BCUT2D eigenvalue weighted by Crippen LogP contribution is 2.25. The molecule has 0 radical (unpaired) electrons. The maximum absolute atomic E-state index is 5.84. The number of hydrogen-bond donors (Lipinski definition) is 2. The van der Waals surface area contributed by atoms with E-state index in [0.29, 0.717) is 12.3 Å². The molecule has 0 bridgehead atoms. The van der Waals surface area contributed by atoms with Crippen LogP contribution in [0.4, 0.5) is 11.4 Å². The fraction of sp³-hybridized carbons (Fsp3) is 0.429. The predicted octanol–water partition coefficient (Wildman–Crippen LogP) is 3.44. The fourth-order valence-corrected chi connectivity index (χ4v) is 1.35. The number of nitrogen functional groups attached to an aromatic ring is 1. The van der Waals surface area contributed by atoms with Crippen molar-refractivity contribution >= 4 is 11.4 Å². The van der Waals surface area contributed by atoms with Crippen LogP contribution >= 0.6 is 0 Å². The van der Waals surface area contributed by atoms with Crippen molar-refractivity contribution in [2.24, 2.45) is 0 Å². The number of nitrogens with one attached hydrogen (secondary N) is 1. The van der Waals surface area contributed by atoms with E-state index in [1.165, 1.54) is 5.57 Å². The van der Waals surface area contributed by atoms with E-state index in [4.69, 9.17) is 10.5 Å². The van der Waals surface area contributed by atoms with Crippen molar-refractivity contribution in [2.75, 3.05) is 24.2 Å². The third kappa shape index (κ3) is 4.81. The summed E-state index contributed by atoms with van der Waals surface area (Å²) in [6.45, 7) is 7.76. The second kappa shape index (κ2) is 6.84. The van der Waals surface area contributed by atoms with Crippen molar-refractivity contribution < 1.29 is 4.74 Å². The number of allylic oxidation sites excluding steroid dienone is 1. The molecule has 0 fully saturated rings. The molecule has 3 N–H and O–H groups in total. The summed E-state index contributed by atoms with van der Waals surface area (Å²) in [4.78, 5) is 0. The van der Waals surface area contributed by atoms with Gasteiger partial charge in [0.2, 0.25) is 0 Å². The van der Waals surface area contributed by atoms with E-state index in [1.807, 2.05) is 18.2 Å². The highest BCUT2D eigenvalue weighted by Gasteiger charge is 2.01. The van der Waals surface area contributed by atoms with Gasteiger partial charge in [0.25, 0.3) is 0 Å². The quantitative estimate of drug-likeness (QED) is 0.585. The molecule has 0 aliphatic rings. The summed E-state index contributed by atoms with van der Waals surface area (Å²) in [5, 5.41) is 3.31. The van der Waals surface area contributed by atoms with E-state index in [1.54, 1.807) is 0 Å². The smallest absolute Gasteiger partial charge is 0.144 e. The molecule has 0 heterocycles. The zero-order valence-corrected chi connectivity index (χ0v) is 10.9. The summed E-state index contributed by atoms with van der Waals surface area (Å²) in [7, 11) is 0. The zero-order chi connectivity index (χ0) is 12.7. The third-order valence-electron chi connectivity index (χ3n) is 2.29. The molecule has 0 amide bonds. The Balaban J connectivity index is 2.64. The molecular weight excluding hydrogens is 212 g/mol. The van der Waals surface area contributed by atoms with Crippen LogP contribution in [0.15, 0.2) is 29.8 Å². The van der Waals surface area contributed by atoms with Crippen LogP contribution in [-0.4, -0.2) is 13.2 Å². The van der Waals surface area contributed by atoms with Crippen LogP contribution in [0.2, 0.25) is 0 Å². The summed E-state index contributed by atoms with van der Waals surface area (Å²) < 4.78 is 5.57. The molecule has 0 unspecified atom stereocenters. The molecule has 3 nitrogen and oxygen atoms in total. The fourth-order valence-electron chi connectivity index (χ4n) is 1.35. The van der Waals surface area contributed by atoms with Gasteiger partial charge in [-0.1, -0.05) is 18.6 Å². The number of ether oxygens (including phenoxy) is 1. The van der Waals surface area contributed by atoms with Gasteiger partial charge in [0.15, 0.2) is 0 Å². The largest absolute Gasteiger partial charge is 0.491 e. The van der Waals surface area contributed by atoms with Crippen LogP contribution in [0.5, 0.6) is 5.75 Å². The first-order valence-electron chi connectivity index (χ1n) is 6.03. The van der Waals surface area contributed by atoms with Gasteiger partial charge >= 0.3 is 0 Å². The summed E-state index contributed by atoms with van der Waals surface area (Å²) in [5.41, 5.74) is 8.86. The van der Waals surface area contributed by atoms with Gasteiger partial charge in [-0.25, -0.2) is 0 Å². The summed E-state index contributed by atoms with van der Waals surface area (Å²) in [5.74, 6) is 0.758. The Labute approximate surface area is 104 Å². The van der Waals surface area contributed by atoms with Gasteiger partial charge in [-0.05, 0) is 32.4 Å². The molecule has 1 rings (SSSR count). The van der Waals surface area contributed by atoms with Gasteiger partial charge in [-0.15, -0.1) is 0 Å². The molecular formula is C14H22N2O. The molecule has 0 saturated carbocycles. The third-order valence-corrected chi connectivity index (χ3v) is 2.29. The lowest BCUT2D eigenvalue weighted by Gasteiger charge is -2.10. The Hall–Kier alpha value is -1.64. The van der Waals surface area contributed by atoms with Crippen LogP contribution in [0, 0.1) is 0 Å². The molecule has 17 heavy (non-hydrogen) atoms. The zero-order valence-electron chi connectivity index (χ0n) is 10.9. The summed E-state index contributed by atoms with van der Waals surface area (Å²) in [6, 6.07) is 5.78. The number of hydrogen-bond acceptors (Lipinski definition) is 3. The Kier molecular flexibility index (Phi) is 5.40. The Morgan fingerprint density at radius 3 is 2.82 bits per heavy atom. The lowest BCUT2D eigenvalue weighted by Crippen LogP contribution is -2.02. The topological polar surface area (TPSA) is 47.3 Å². The van der Waals surface area contributed by atoms with E-state index in [2.05, 4.69) is 32.2 Å². The minimum Gasteiger partial charge on any atom is -0.491 e. The standard InChI is InChI=1S/C14H22N2O/c1-4-9-17-14-10-12(5-6-13(14)15)16-8-7-11(2)3/h5-7,10,16H,4,8-9,15H2,1-3H3. The van der Waals surface area contributed by atoms with Crippen molar-refractivity contribution in [3.05, 3.63) is 29.8 Å². The minimum absolute atomic E-state index is 0.686. The van der Waals surface area contributed by atoms with Crippen molar-refractivity contribution in [2.45, 2.75) is 27.2 Å². The molecule has 0 spiro atoms. The van der Waals surface area contributed by atoms with Crippen LogP contribution in [0.1, 0.15) is 27.2 Å². The lowest BCUT2D eigenvalue weighted by molar-refractivity contribution is 0.319.